The maximum absolute atomic E-state index is 12.1. The molecule has 0 bridgehead atoms. The normalized spacial score (nSPS) is 11.5. The highest BCUT2D eigenvalue weighted by atomic mass is 79.9. The fraction of sp³-hybridized carbons (Fsp3) is 0.133. The first-order chi connectivity index (χ1) is 17.0. The summed E-state index contributed by atoms with van der Waals surface area (Å²) >= 11 is 3.82. The van der Waals surface area contributed by atoms with E-state index < -0.39 is 0 Å². The molecule has 4 aromatic rings. The smallest absolute Gasteiger partial charge is 0.338 e. The fourth-order valence-corrected chi connectivity index (χ4v) is 4.74. The third-order valence-corrected chi connectivity index (χ3v) is 6.78. The van der Waals surface area contributed by atoms with Gasteiger partial charge >= 0.3 is 11.9 Å². The first-order valence-electron chi connectivity index (χ1n) is 11.2. The molecule has 5 heteroatoms. The molecule has 176 valence electrons. The summed E-state index contributed by atoms with van der Waals surface area (Å²) in [6.07, 6.45) is 0.803. The minimum Gasteiger partial charge on any atom is -0.465 e. The Morgan fingerprint density at radius 2 is 1.09 bits per heavy atom. The van der Waals surface area contributed by atoms with Crippen molar-refractivity contribution in [1.82, 2.24) is 0 Å². The van der Waals surface area contributed by atoms with Crippen LogP contribution in [0.1, 0.15) is 36.7 Å². The summed E-state index contributed by atoms with van der Waals surface area (Å²) in [7, 11) is 2.78. The lowest BCUT2D eigenvalue weighted by Crippen LogP contribution is -2.03. The van der Waals surface area contributed by atoms with E-state index in [1.807, 2.05) is 60.7 Å². The predicted molar refractivity (Wildman–Crippen MR) is 142 cm³/mol. The van der Waals surface area contributed by atoms with Gasteiger partial charge in [-0.25, -0.2) is 9.59 Å². The van der Waals surface area contributed by atoms with Gasteiger partial charge in [0.2, 0.25) is 0 Å². The molecular weight excluding hydrogens is 504 g/mol. The van der Waals surface area contributed by atoms with Crippen LogP contribution in [0.15, 0.2) is 97.1 Å². The zero-order chi connectivity index (χ0) is 24.8. The number of alkyl halides is 1. The molecule has 35 heavy (non-hydrogen) atoms. The van der Waals surface area contributed by atoms with Gasteiger partial charge in [-0.1, -0.05) is 101 Å². The summed E-state index contributed by atoms with van der Waals surface area (Å²) in [5.41, 5.74) is 7.04. The Labute approximate surface area is 213 Å². The lowest BCUT2D eigenvalue weighted by atomic mass is 9.96. The van der Waals surface area contributed by atoms with Crippen molar-refractivity contribution in [3.63, 3.8) is 0 Å². The van der Waals surface area contributed by atoms with Crippen LogP contribution in [0.3, 0.4) is 0 Å². The van der Waals surface area contributed by atoms with Crippen molar-refractivity contribution in [1.29, 1.82) is 0 Å². The average Bonchev–Trinajstić information content (AvgIpc) is 2.92. The maximum atomic E-state index is 12.1. The van der Waals surface area contributed by atoms with Gasteiger partial charge in [0.1, 0.15) is 0 Å². The van der Waals surface area contributed by atoms with Crippen molar-refractivity contribution >= 4 is 27.9 Å². The van der Waals surface area contributed by atoms with E-state index in [1.165, 1.54) is 19.8 Å². The minimum absolute atomic E-state index is 0.126. The van der Waals surface area contributed by atoms with Crippen molar-refractivity contribution in [2.24, 2.45) is 0 Å². The SMILES string of the molecule is COC(=O)c1ccccc1-c1ccc(C[C@@H](Br)c2ccc(-c3ccccc3C(=O)OC)cc2)cc1. The van der Waals surface area contributed by atoms with Crippen LogP contribution in [-0.4, -0.2) is 26.2 Å². The van der Waals surface area contributed by atoms with Crippen LogP contribution >= 0.6 is 15.9 Å². The summed E-state index contributed by atoms with van der Waals surface area (Å²) in [4.78, 5) is 24.3. The van der Waals surface area contributed by atoms with Gasteiger partial charge in [0.05, 0.1) is 25.3 Å². The first kappa shape index (κ1) is 24.4. The van der Waals surface area contributed by atoms with Gasteiger partial charge in [0.25, 0.3) is 0 Å². The number of hydrogen-bond donors (Lipinski definition) is 0. The number of carbonyl (C=O) groups excluding carboxylic acids is 2. The number of esters is 2. The van der Waals surface area contributed by atoms with Crippen LogP contribution in [0.25, 0.3) is 22.3 Å². The average molecular weight is 529 g/mol. The lowest BCUT2D eigenvalue weighted by molar-refractivity contribution is 0.0592. The van der Waals surface area contributed by atoms with Gasteiger partial charge in [-0.2, -0.15) is 0 Å². The third-order valence-electron chi connectivity index (χ3n) is 5.93. The number of ether oxygens (including phenoxy) is 2. The van der Waals surface area contributed by atoms with E-state index in [1.54, 1.807) is 12.1 Å². The molecule has 0 heterocycles. The summed E-state index contributed by atoms with van der Waals surface area (Å²) in [6.45, 7) is 0. The quantitative estimate of drug-likeness (QED) is 0.187. The molecule has 4 rings (SSSR count). The largest absolute Gasteiger partial charge is 0.465 e. The summed E-state index contributed by atoms with van der Waals surface area (Å²) in [5, 5.41) is 0. The molecule has 0 radical (unpaired) electrons. The highest BCUT2D eigenvalue weighted by Gasteiger charge is 2.15. The third kappa shape index (κ3) is 5.52. The number of hydrogen-bond acceptors (Lipinski definition) is 4. The minimum atomic E-state index is -0.347. The molecule has 0 aliphatic heterocycles. The van der Waals surface area contributed by atoms with Crippen LogP contribution in [0.5, 0.6) is 0 Å². The van der Waals surface area contributed by atoms with Gasteiger partial charge in [0, 0.05) is 4.83 Å². The summed E-state index contributed by atoms with van der Waals surface area (Å²) < 4.78 is 9.83. The van der Waals surface area contributed by atoms with Gasteiger partial charge in [-0.3, -0.25) is 0 Å². The van der Waals surface area contributed by atoms with Gasteiger partial charge in [-0.05, 0) is 51.9 Å². The molecule has 0 aliphatic rings. The second kappa shape index (κ2) is 11.2. The molecule has 0 aliphatic carbocycles. The summed E-state index contributed by atoms with van der Waals surface area (Å²) in [5.74, 6) is -0.691. The van der Waals surface area contributed by atoms with E-state index in [0.29, 0.717) is 11.1 Å². The van der Waals surface area contributed by atoms with Crippen molar-refractivity contribution in [2.75, 3.05) is 14.2 Å². The number of carbonyl (C=O) groups is 2. The Morgan fingerprint density at radius 3 is 1.54 bits per heavy atom. The van der Waals surface area contributed by atoms with Crippen LogP contribution in [0, 0.1) is 0 Å². The molecule has 0 saturated carbocycles. The van der Waals surface area contributed by atoms with Gasteiger partial charge in [0.15, 0.2) is 0 Å². The van der Waals surface area contributed by atoms with Crippen molar-refractivity contribution in [2.45, 2.75) is 11.2 Å². The highest BCUT2D eigenvalue weighted by molar-refractivity contribution is 9.09. The lowest BCUT2D eigenvalue weighted by Gasteiger charge is -2.13. The molecule has 0 unspecified atom stereocenters. The Bertz CT molecular complexity index is 1330. The van der Waals surface area contributed by atoms with Gasteiger partial charge in [-0.15, -0.1) is 0 Å². The Balaban J connectivity index is 1.49. The van der Waals surface area contributed by atoms with Crippen molar-refractivity contribution in [3.8, 4) is 22.3 Å². The summed E-state index contributed by atoms with van der Waals surface area (Å²) in [6, 6.07) is 31.3. The van der Waals surface area contributed by atoms with E-state index in [-0.39, 0.29) is 16.8 Å². The van der Waals surface area contributed by atoms with E-state index in [4.69, 9.17) is 9.47 Å². The number of benzene rings is 4. The number of methoxy groups -OCH3 is 2. The molecule has 4 nitrogen and oxygen atoms in total. The maximum Gasteiger partial charge on any atom is 0.338 e. The standard InChI is InChI=1S/C30H25BrO4/c1-34-29(32)26-9-5-3-7-24(26)21-13-11-20(12-14-21)19-28(31)23-17-15-22(16-18-23)25-8-4-6-10-27(25)30(33)35-2/h3-18,28H,19H2,1-2H3/t28-/m1/s1. The zero-order valence-electron chi connectivity index (χ0n) is 19.5. The molecular formula is C30H25BrO4. The fourth-order valence-electron chi connectivity index (χ4n) is 4.06. The molecule has 0 N–H and O–H groups in total. The van der Waals surface area contributed by atoms with Crippen LogP contribution in [-0.2, 0) is 15.9 Å². The van der Waals surface area contributed by atoms with Crippen molar-refractivity contribution < 1.29 is 19.1 Å². The molecule has 0 aromatic heterocycles. The van der Waals surface area contributed by atoms with E-state index in [2.05, 4.69) is 40.2 Å². The Morgan fingerprint density at radius 1 is 0.657 bits per heavy atom. The van der Waals surface area contributed by atoms with Crippen LogP contribution < -0.4 is 0 Å². The second-order valence-corrected chi connectivity index (χ2v) is 9.17. The van der Waals surface area contributed by atoms with E-state index in [0.717, 1.165) is 34.2 Å². The molecule has 1 atom stereocenters. The molecule has 0 saturated heterocycles. The zero-order valence-corrected chi connectivity index (χ0v) is 21.1. The van der Waals surface area contributed by atoms with E-state index >= 15 is 0 Å². The van der Waals surface area contributed by atoms with Crippen LogP contribution in [0.4, 0.5) is 0 Å². The first-order valence-corrected chi connectivity index (χ1v) is 12.1. The second-order valence-electron chi connectivity index (χ2n) is 8.06. The molecule has 0 spiro atoms. The molecule has 0 amide bonds. The van der Waals surface area contributed by atoms with Crippen molar-refractivity contribution in [3.05, 3.63) is 119 Å². The monoisotopic (exact) mass is 528 g/mol. The topological polar surface area (TPSA) is 52.6 Å². The predicted octanol–water partition coefficient (Wildman–Crippen LogP) is 7.27. The number of halogens is 1. The van der Waals surface area contributed by atoms with Crippen LogP contribution in [0.2, 0.25) is 0 Å². The highest BCUT2D eigenvalue weighted by Crippen LogP contribution is 2.32. The molecule has 0 fully saturated rings. The number of rotatable bonds is 7. The van der Waals surface area contributed by atoms with E-state index in [9.17, 15) is 9.59 Å². The Hall–Kier alpha value is -3.70. The van der Waals surface area contributed by atoms with Gasteiger partial charge < -0.3 is 9.47 Å². The molecule has 4 aromatic carbocycles. The Kier molecular flexibility index (Phi) is 7.78.